The van der Waals surface area contributed by atoms with E-state index in [0.29, 0.717) is 39.3 Å². The Balaban J connectivity index is 2.04. The molecule has 1 aromatic rings. The summed E-state index contributed by atoms with van der Waals surface area (Å²) in [6, 6.07) is 5.92. The molecule has 2 saturated heterocycles. The fraction of sp³-hybridized carbons (Fsp3) is 0.571. The Labute approximate surface area is 137 Å². The second-order valence-electron chi connectivity index (χ2n) is 5.71. The van der Waals surface area contributed by atoms with Crippen LogP contribution >= 0.6 is 0 Å². The number of benzene rings is 1. The normalized spacial score (nSPS) is 21.6. The van der Waals surface area contributed by atoms with Crippen LogP contribution in [0, 0.1) is 0 Å². The number of nitrogens with one attached hydrogen (secondary N) is 1. The van der Waals surface area contributed by atoms with Gasteiger partial charge in [-0.15, -0.1) is 0 Å². The first-order valence-corrected chi connectivity index (χ1v) is 10.6. The van der Waals surface area contributed by atoms with Crippen molar-refractivity contribution in [2.24, 2.45) is 0 Å². The molecule has 0 aromatic heterocycles. The molecule has 1 N–H and O–H groups in total. The minimum Gasteiger partial charge on any atom is -0.314 e. The van der Waals surface area contributed by atoms with Gasteiger partial charge in [-0.1, -0.05) is 12.1 Å². The summed E-state index contributed by atoms with van der Waals surface area (Å²) >= 11 is 0. The molecule has 2 aliphatic heterocycles. The van der Waals surface area contributed by atoms with Crippen LogP contribution in [0.3, 0.4) is 0 Å². The van der Waals surface area contributed by atoms with Crippen molar-refractivity contribution in [3.63, 3.8) is 0 Å². The first kappa shape index (κ1) is 16.8. The van der Waals surface area contributed by atoms with Gasteiger partial charge in [-0.25, -0.2) is 16.8 Å². The van der Waals surface area contributed by atoms with Crippen LogP contribution in [0.2, 0.25) is 0 Å². The number of hydrogen-bond donors (Lipinski definition) is 1. The molecule has 3 rings (SSSR count). The number of nitrogens with zero attached hydrogens (tertiary/aromatic N) is 2. The standard InChI is InChI=1S/C14H21N3O4S2/c18-22(19,16-9-3-4-10-16)13-5-1-2-6-14(13)23(20,21)17-11-7-15-8-12-17/h1-2,5-6,15H,3-4,7-12H2. The summed E-state index contributed by atoms with van der Waals surface area (Å²) in [7, 11) is -7.60. The Morgan fingerprint density at radius 1 is 0.739 bits per heavy atom. The van der Waals surface area contributed by atoms with Crippen LogP contribution in [-0.2, 0) is 20.0 Å². The summed E-state index contributed by atoms with van der Waals surface area (Å²) < 4.78 is 54.1. The predicted octanol–water partition coefficient (Wildman–Crippen LogP) is 0.0650. The van der Waals surface area contributed by atoms with Gasteiger partial charge >= 0.3 is 0 Å². The average Bonchev–Trinajstić information content (AvgIpc) is 3.11. The molecule has 128 valence electrons. The van der Waals surface area contributed by atoms with E-state index in [4.69, 9.17) is 0 Å². The molecular formula is C14H21N3O4S2. The van der Waals surface area contributed by atoms with Gasteiger partial charge in [0.2, 0.25) is 20.0 Å². The minimum absolute atomic E-state index is 0.111. The van der Waals surface area contributed by atoms with Crippen LogP contribution in [0.25, 0.3) is 0 Å². The van der Waals surface area contributed by atoms with Crippen LogP contribution in [0.1, 0.15) is 12.8 Å². The summed E-state index contributed by atoms with van der Waals surface area (Å²) in [6.07, 6.45) is 1.62. The summed E-state index contributed by atoms with van der Waals surface area (Å²) in [5.74, 6) is 0. The van der Waals surface area contributed by atoms with Crippen LogP contribution in [0.5, 0.6) is 0 Å². The van der Waals surface area contributed by atoms with Gasteiger partial charge in [0, 0.05) is 39.3 Å². The molecule has 7 nitrogen and oxygen atoms in total. The smallest absolute Gasteiger partial charge is 0.244 e. The highest BCUT2D eigenvalue weighted by molar-refractivity contribution is 7.92. The Bertz CT molecular complexity index is 765. The zero-order chi connectivity index (χ0) is 16.5. The largest absolute Gasteiger partial charge is 0.314 e. The van der Waals surface area contributed by atoms with Crippen LogP contribution in [0.4, 0.5) is 0 Å². The van der Waals surface area contributed by atoms with Gasteiger partial charge in [-0.05, 0) is 25.0 Å². The third-order valence-electron chi connectivity index (χ3n) is 4.23. The Morgan fingerprint density at radius 2 is 1.17 bits per heavy atom. The van der Waals surface area contributed by atoms with Crippen molar-refractivity contribution in [1.82, 2.24) is 13.9 Å². The van der Waals surface area contributed by atoms with Gasteiger partial charge in [-0.2, -0.15) is 8.61 Å². The van der Waals surface area contributed by atoms with E-state index in [-0.39, 0.29) is 9.79 Å². The molecule has 23 heavy (non-hydrogen) atoms. The molecule has 0 bridgehead atoms. The van der Waals surface area contributed by atoms with E-state index < -0.39 is 20.0 Å². The van der Waals surface area contributed by atoms with E-state index in [9.17, 15) is 16.8 Å². The predicted molar refractivity (Wildman–Crippen MR) is 86.1 cm³/mol. The second-order valence-corrected chi connectivity index (χ2v) is 9.52. The van der Waals surface area contributed by atoms with E-state index in [1.54, 1.807) is 12.1 Å². The first-order valence-electron chi connectivity index (χ1n) is 7.74. The summed E-state index contributed by atoms with van der Waals surface area (Å²) in [5.41, 5.74) is 0. The molecule has 0 unspecified atom stereocenters. The summed E-state index contributed by atoms with van der Waals surface area (Å²) in [5, 5.41) is 3.10. The number of piperazine rings is 1. The topological polar surface area (TPSA) is 86.8 Å². The van der Waals surface area contributed by atoms with E-state index in [1.807, 2.05) is 0 Å². The van der Waals surface area contributed by atoms with Gasteiger partial charge < -0.3 is 5.32 Å². The highest BCUT2D eigenvalue weighted by Gasteiger charge is 2.35. The Kier molecular flexibility index (Phi) is 4.75. The van der Waals surface area contributed by atoms with Crippen molar-refractivity contribution in [3.05, 3.63) is 24.3 Å². The van der Waals surface area contributed by atoms with Crippen LogP contribution < -0.4 is 5.32 Å². The number of rotatable bonds is 4. The van der Waals surface area contributed by atoms with Crippen LogP contribution in [-0.4, -0.2) is 64.7 Å². The molecular weight excluding hydrogens is 338 g/mol. The molecule has 1 aromatic carbocycles. The monoisotopic (exact) mass is 359 g/mol. The van der Waals surface area contributed by atoms with Gasteiger partial charge in [-0.3, -0.25) is 0 Å². The molecule has 0 spiro atoms. The fourth-order valence-corrected chi connectivity index (χ4v) is 6.70. The molecule has 0 radical (unpaired) electrons. The van der Waals surface area contributed by atoms with Crippen molar-refractivity contribution in [2.75, 3.05) is 39.3 Å². The number of hydrogen-bond acceptors (Lipinski definition) is 5. The van der Waals surface area contributed by atoms with Crippen molar-refractivity contribution < 1.29 is 16.8 Å². The summed E-state index contributed by atoms with van der Waals surface area (Å²) in [6.45, 7) is 2.73. The lowest BCUT2D eigenvalue weighted by molar-refractivity contribution is 0.359. The fourth-order valence-electron chi connectivity index (χ4n) is 2.97. The first-order chi connectivity index (χ1) is 10.9. The maximum Gasteiger partial charge on any atom is 0.244 e. The molecule has 0 aliphatic carbocycles. The lowest BCUT2D eigenvalue weighted by Gasteiger charge is -2.27. The summed E-state index contributed by atoms with van der Waals surface area (Å²) in [4.78, 5) is -0.228. The lowest BCUT2D eigenvalue weighted by atomic mass is 10.4. The van der Waals surface area contributed by atoms with Crippen molar-refractivity contribution in [2.45, 2.75) is 22.6 Å². The Morgan fingerprint density at radius 3 is 1.65 bits per heavy atom. The quantitative estimate of drug-likeness (QED) is 0.822. The molecule has 0 amide bonds. The highest BCUT2D eigenvalue weighted by Crippen LogP contribution is 2.28. The van der Waals surface area contributed by atoms with E-state index >= 15 is 0 Å². The zero-order valence-corrected chi connectivity index (χ0v) is 14.4. The van der Waals surface area contributed by atoms with E-state index in [1.165, 1.54) is 20.7 Å². The van der Waals surface area contributed by atoms with Crippen molar-refractivity contribution in [3.8, 4) is 0 Å². The van der Waals surface area contributed by atoms with Gasteiger partial charge in [0.1, 0.15) is 9.79 Å². The molecule has 0 saturated carbocycles. The average molecular weight is 359 g/mol. The SMILES string of the molecule is O=S(=O)(c1ccccc1S(=O)(=O)N1CCNCC1)N1CCCC1. The molecule has 9 heteroatoms. The van der Waals surface area contributed by atoms with E-state index in [0.717, 1.165) is 12.8 Å². The van der Waals surface area contributed by atoms with Gasteiger partial charge in [0.15, 0.2) is 0 Å². The third kappa shape index (κ3) is 3.16. The highest BCUT2D eigenvalue weighted by atomic mass is 32.2. The minimum atomic E-state index is -3.82. The zero-order valence-electron chi connectivity index (χ0n) is 12.8. The Hall–Kier alpha value is -1.00. The molecule has 0 atom stereocenters. The molecule has 2 aliphatic rings. The maximum absolute atomic E-state index is 12.9. The van der Waals surface area contributed by atoms with Crippen molar-refractivity contribution >= 4 is 20.0 Å². The molecule has 2 fully saturated rings. The van der Waals surface area contributed by atoms with Gasteiger partial charge in [0.25, 0.3) is 0 Å². The molecule has 2 heterocycles. The van der Waals surface area contributed by atoms with E-state index in [2.05, 4.69) is 5.32 Å². The maximum atomic E-state index is 12.9. The van der Waals surface area contributed by atoms with Crippen LogP contribution in [0.15, 0.2) is 34.1 Å². The number of sulfonamides is 2. The van der Waals surface area contributed by atoms with Crippen molar-refractivity contribution in [1.29, 1.82) is 0 Å². The van der Waals surface area contributed by atoms with Gasteiger partial charge in [0.05, 0.1) is 0 Å². The third-order valence-corrected chi connectivity index (χ3v) is 8.27. The lowest BCUT2D eigenvalue weighted by Crippen LogP contribution is -2.46. The second kappa shape index (κ2) is 6.48.